The van der Waals surface area contributed by atoms with Crippen molar-refractivity contribution < 1.29 is 13.2 Å². The molecule has 0 bridgehead atoms. The summed E-state index contributed by atoms with van der Waals surface area (Å²) < 4.78 is 28.1. The lowest BCUT2D eigenvalue weighted by atomic mass is 9.91. The molecule has 0 aromatic heterocycles. The number of nitrogens with one attached hydrogen (secondary N) is 1. The first-order valence-electron chi connectivity index (χ1n) is 9.09. The van der Waals surface area contributed by atoms with Crippen molar-refractivity contribution in [1.29, 1.82) is 0 Å². The van der Waals surface area contributed by atoms with Gasteiger partial charge in [-0.1, -0.05) is 31.5 Å². The predicted octanol–water partition coefficient (Wildman–Crippen LogP) is 2.90. The maximum absolute atomic E-state index is 13.0. The molecule has 2 rings (SSSR count). The molecule has 0 spiro atoms. The molecule has 0 saturated carbocycles. The van der Waals surface area contributed by atoms with Crippen molar-refractivity contribution in [2.45, 2.75) is 44.6 Å². The molecule has 26 heavy (non-hydrogen) atoms. The van der Waals surface area contributed by atoms with Gasteiger partial charge in [-0.25, -0.2) is 8.42 Å². The maximum atomic E-state index is 13.0. The van der Waals surface area contributed by atoms with Crippen LogP contribution in [0, 0.1) is 18.8 Å². The highest BCUT2D eigenvalue weighted by Crippen LogP contribution is 2.22. The molecule has 7 heteroatoms. The fourth-order valence-electron chi connectivity index (χ4n) is 3.50. The van der Waals surface area contributed by atoms with E-state index in [1.165, 1.54) is 0 Å². The van der Waals surface area contributed by atoms with E-state index in [-0.39, 0.29) is 10.8 Å². The lowest BCUT2D eigenvalue weighted by Crippen LogP contribution is -2.52. The van der Waals surface area contributed by atoms with Crippen LogP contribution in [0.4, 0.5) is 0 Å². The molecule has 3 unspecified atom stereocenters. The van der Waals surface area contributed by atoms with Crippen LogP contribution >= 0.6 is 11.8 Å². The maximum Gasteiger partial charge on any atom is 0.241 e. The van der Waals surface area contributed by atoms with E-state index in [1.54, 1.807) is 36.0 Å². The molecule has 1 aromatic rings. The topological polar surface area (TPSA) is 66.5 Å². The van der Waals surface area contributed by atoms with Crippen molar-refractivity contribution in [3.8, 4) is 0 Å². The monoisotopic (exact) mass is 398 g/mol. The summed E-state index contributed by atoms with van der Waals surface area (Å²) in [6, 6.07) is 5.98. The second kappa shape index (κ2) is 9.24. The van der Waals surface area contributed by atoms with Crippen LogP contribution in [0.1, 0.15) is 32.3 Å². The molecule has 3 atom stereocenters. The zero-order valence-electron chi connectivity index (χ0n) is 16.1. The number of rotatable bonds is 7. The number of hydrogen-bond donors (Lipinski definition) is 1. The van der Waals surface area contributed by atoms with Gasteiger partial charge in [-0.2, -0.15) is 16.5 Å². The fourth-order valence-corrected chi connectivity index (χ4v) is 5.20. The van der Waals surface area contributed by atoms with Gasteiger partial charge < -0.3 is 4.90 Å². The molecular weight excluding hydrogens is 368 g/mol. The SMILES string of the molecule is CSCCC(NS(=O)(=O)c1ccc(C)cc1)C(=O)N1CC(C)CC(C)C1. The minimum atomic E-state index is -3.72. The molecule has 1 fully saturated rings. The summed E-state index contributed by atoms with van der Waals surface area (Å²) in [6.07, 6.45) is 3.56. The van der Waals surface area contributed by atoms with Crippen LogP contribution in [0.15, 0.2) is 29.2 Å². The van der Waals surface area contributed by atoms with Crippen molar-refractivity contribution in [1.82, 2.24) is 9.62 Å². The van der Waals surface area contributed by atoms with Crippen molar-refractivity contribution in [3.05, 3.63) is 29.8 Å². The Hall–Kier alpha value is -1.05. The van der Waals surface area contributed by atoms with E-state index in [0.717, 1.165) is 17.7 Å². The van der Waals surface area contributed by atoms with Gasteiger partial charge in [0.15, 0.2) is 0 Å². The number of piperidine rings is 1. The molecule has 0 aliphatic carbocycles. The van der Waals surface area contributed by atoms with E-state index in [4.69, 9.17) is 0 Å². The van der Waals surface area contributed by atoms with Crippen molar-refractivity contribution in [2.24, 2.45) is 11.8 Å². The minimum Gasteiger partial charge on any atom is -0.341 e. The average molecular weight is 399 g/mol. The van der Waals surface area contributed by atoms with Gasteiger partial charge >= 0.3 is 0 Å². The second-order valence-electron chi connectivity index (χ2n) is 7.46. The van der Waals surface area contributed by atoms with Crippen LogP contribution in [0.2, 0.25) is 0 Å². The number of likely N-dealkylation sites (tertiary alicyclic amines) is 1. The van der Waals surface area contributed by atoms with E-state index in [2.05, 4.69) is 18.6 Å². The molecular formula is C19H30N2O3S2. The zero-order valence-corrected chi connectivity index (χ0v) is 17.7. The lowest BCUT2D eigenvalue weighted by molar-refractivity contribution is -0.135. The van der Waals surface area contributed by atoms with Crippen LogP contribution in [-0.4, -0.2) is 50.4 Å². The first kappa shape index (κ1) is 21.3. The third-order valence-electron chi connectivity index (χ3n) is 4.72. The van der Waals surface area contributed by atoms with Crippen LogP contribution in [0.3, 0.4) is 0 Å². The lowest BCUT2D eigenvalue weighted by Gasteiger charge is -2.37. The van der Waals surface area contributed by atoms with E-state index < -0.39 is 16.1 Å². The minimum absolute atomic E-state index is 0.104. The molecule has 1 aliphatic heterocycles. The van der Waals surface area contributed by atoms with E-state index in [1.807, 2.05) is 18.1 Å². The summed E-state index contributed by atoms with van der Waals surface area (Å²) >= 11 is 1.61. The van der Waals surface area contributed by atoms with E-state index in [0.29, 0.717) is 31.3 Å². The predicted molar refractivity (Wildman–Crippen MR) is 108 cm³/mol. The first-order valence-corrected chi connectivity index (χ1v) is 12.0. The zero-order chi connectivity index (χ0) is 19.3. The van der Waals surface area contributed by atoms with Gasteiger partial charge in [-0.15, -0.1) is 0 Å². The van der Waals surface area contributed by atoms with Crippen LogP contribution < -0.4 is 4.72 Å². The number of benzene rings is 1. The van der Waals surface area contributed by atoms with Gasteiger partial charge in [-0.05, 0) is 55.7 Å². The Bertz CT molecular complexity index is 694. The normalized spacial score (nSPS) is 22.2. The number of amides is 1. The van der Waals surface area contributed by atoms with Gasteiger partial charge in [0.25, 0.3) is 0 Å². The molecule has 1 N–H and O–H groups in total. The number of thioether (sulfide) groups is 1. The number of nitrogens with zero attached hydrogens (tertiary/aromatic N) is 1. The van der Waals surface area contributed by atoms with Crippen LogP contribution in [-0.2, 0) is 14.8 Å². The Balaban J connectivity index is 2.18. The molecule has 1 amide bonds. The third kappa shape index (κ3) is 5.72. The Morgan fingerprint density at radius 1 is 1.23 bits per heavy atom. The second-order valence-corrected chi connectivity index (χ2v) is 10.2. The van der Waals surface area contributed by atoms with Crippen molar-refractivity contribution in [3.63, 3.8) is 0 Å². The van der Waals surface area contributed by atoms with Gasteiger partial charge in [0.05, 0.1) is 4.90 Å². The Morgan fingerprint density at radius 3 is 2.35 bits per heavy atom. The number of hydrogen-bond acceptors (Lipinski definition) is 4. The molecule has 146 valence electrons. The molecule has 5 nitrogen and oxygen atoms in total. The Morgan fingerprint density at radius 2 is 1.81 bits per heavy atom. The molecule has 1 aromatic carbocycles. The molecule has 1 aliphatic rings. The van der Waals surface area contributed by atoms with Crippen molar-refractivity contribution >= 4 is 27.7 Å². The third-order valence-corrected chi connectivity index (χ3v) is 6.85. The summed E-state index contributed by atoms with van der Waals surface area (Å²) in [7, 11) is -3.72. The summed E-state index contributed by atoms with van der Waals surface area (Å²) in [5.74, 6) is 1.51. The van der Waals surface area contributed by atoms with Gasteiger partial charge in [0, 0.05) is 13.1 Å². The first-order chi connectivity index (χ1) is 12.2. The standard InChI is InChI=1S/C19H30N2O3S2/c1-14-5-7-17(8-6-14)26(23,24)20-18(9-10-25-4)19(22)21-12-15(2)11-16(3)13-21/h5-8,15-16,18,20H,9-13H2,1-4H3. The molecule has 0 radical (unpaired) electrons. The highest BCUT2D eigenvalue weighted by molar-refractivity contribution is 7.98. The highest BCUT2D eigenvalue weighted by Gasteiger charge is 2.32. The largest absolute Gasteiger partial charge is 0.341 e. The van der Waals surface area contributed by atoms with Gasteiger partial charge in [0.2, 0.25) is 15.9 Å². The quantitative estimate of drug-likeness (QED) is 0.767. The number of carbonyl (C=O) groups is 1. The molecule has 1 heterocycles. The van der Waals surface area contributed by atoms with E-state index in [9.17, 15) is 13.2 Å². The Labute approximate surface area is 162 Å². The summed E-state index contributed by atoms with van der Waals surface area (Å²) in [5.41, 5.74) is 0.996. The van der Waals surface area contributed by atoms with Gasteiger partial charge in [0.1, 0.15) is 6.04 Å². The fraction of sp³-hybridized carbons (Fsp3) is 0.632. The molecule has 1 saturated heterocycles. The highest BCUT2D eigenvalue weighted by atomic mass is 32.2. The Kier molecular flexibility index (Phi) is 7.55. The van der Waals surface area contributed by atoms with Crippen molar-refractivity contribution in [2.75, 3.05) is 25.1 Å². The number of carbonyl (C=O) groups excluding carboxylic acids is 1. The smallest absolute Gasteiger partial charge is 0.241 e. The van der Waals surface area contributed by atoms with E-state index >= 15 is 0 Å². The number of sulfonamides is 1. The van der Waals surface area contributed by atoms with Crippen LogP contribution in [0.25, 0.3) is 0 Å². The van der Waals surface area contributed by atoms with Crippen LogP contribution in [0.5, 0.6) is 0 Å². The summed E-state index contributed by atoms with van der Waals surface area (Å²) in [5, 5.41) is 0. The summed E-state index contributed by atoms with van der Waals surface area (Å²) in [4.78, 5) is 15.1. The average Bonchev–Trinajstić information content (AvgIpc) is 2.57. The number of aryl methyl sites for hydroxylation is 1. The van der Waals surface area contributed by atoms with Gasteiger partial charge in [-0.3, -0.25) is 4.79 Å². The summed E-state index contributed by atoms with van der Waals surface area (Å²) in [6.45, 7) is 7.59.